The van der Waals surface area contributed by atoms with Crippen LogP contribution in [-0.2, 0) is 12.7 Å². The highest BCUT2D eigenvalue weighted by molar-refractivity contribution is 5.52. The van der Waals surface area contributed by atoms with Gasteiger partial charge in [-0.2, -0.15) is 35.1 Å². The molecule has 1 atom stereocenters. The smallest absolute Gasteiger partial charge is 0.416 e. The maximum Gasteiger partial charge on any atom is 0.416 e. The molecule has 0 aliphatic carbocycles. The maximum absolute atomic E-state index is 14.4. The van der Waals surface area contributed by atoms with Crippen molar-refractivity contribution in [1.82, 2.24) is 4.98 Å². The predicted octanol–water partition coefficient (Wildman–Crippen LogP) is 6.56. The Kier molecular flexibility index (Phi) is 8.41. The van der Waals surface area contributed by atoms with E-state index in [1.807, 2.05) is 0 Å². The van der Waals surface area contributed by atoms with E-state index in [2.05, 4.69) is 9.72 Å². The van der Waals surface area contributed by atoms with Gasteiger partial charge in [-0.1, -0.05) is 12.1 Å². The zero-order valence-corrected chi connectivity index (χ0v) is 18.4. The Labute approximate surface area is 203 Å². The number of nitrogens with zero attached hydrogens (tertiary/aromatic N) is 2. The number of anilines is 1. The number of alkyl halides is 8. The van der Waals surface area contributed by atoms with Gasteiger partial charge in [0.15, 0.2) is 6.10 Å². The minimum absolute atomic E-state index is 0.00564. The topological polar surface area (TPSA) is 54.8 Å². The Morgan fingerprint density at radius 1 is 0.919 bits per heavy atom. The lowest BCUT2D eigenvalue weighted by Gasteiger charge is -2.29. The summed E-state index contributed by atoms with van der Waals surface area (Å²) in [5.41, 5.74) is -1.66. The van der Waals surface area contributed by atoms with E-state index < -0.39 is 55.4 Å². The zero-order chi connectivity index (χ0) is 27.4. The monoisotopic (exact) mass is 540 g/mol. The molecule has 3 rings (SSSR count). The van der Waals surface area contributed by atoms with Gasteiger partial charge < -0.3 is 19.5 Å². The average Bonchev–Trinajstić information content (AvgIpc) is 2.78. The Balaban J connectivity index is 1.90. The molecule has 0 radical (unpaired) electrons. The summed E-state index contributed by atoms with van der Waals surface area (Å²) in [4.78, 5) is 4.47. The lowest BCUT2D eigenvalue weighted by molar-refractivity contribution is -0.200. The molecule has 0 fully saturated rings. The number of aliphatic hydroxyl groups excluding tert-OH is 1. The SMILES string of the molecule is OC(CN(Cc1ccc(C(F)(F)F)cc1F)c1cccc(Oc2ccnc(OC(F)F)c2)c1)C(F)(F)F. The molecule has 0 aliphatic heterocycles. The quantitative estimate of drug-likeness (QED) is 0.312. The molecule has 1 N–H and O–H groups in total. The number of ether oxygens (including phenoxy) is 2. The second kappa shape index (κ2) is 11.2. The number of hydrogen-bond donors (Lipinski definition) is 1. The van der Waals surface area contributed by atoms with Crippen molar-refractivity contribution in [2.24, 2.45) is 0 Å². The van der Waals surface area contributed by atoms with Crippen LogP contribution >= 0.6 is 0 Å². The van der Waals surface area contributed by atoms with Crippen molar-refractivity contribution in [1.29, 1.82) is 0 Å². The molecule has 0 saturated carbocycles. The number of rotatable bonds is 9. The normalized spacial score (nSPS) is 12.9. The van der Waals surface area contributed by atoms with E-state index in [1.165, 1.54) is 30.3 Å². The molecule has 3 aromatic rings. The van der Waals surface area contributed by atoms with Gasteiger partial charge in [0, 0.05) is 36.1 Å². The molecule has 5 nitrogen and oxygen atoms in total. The molecule has 0 spiro atoms. The van der Waals surface area contributed by atoms with Crippen molar-refractivity contribution in [2.75, 3.05) is 11.4 Å². The van der Waals surface area contributed by atoms with Gasteiger partial charge in [-0.15, -0.1) is 0 Å². The standard InChI is InChI=1S/C23H17F9N2O3/c24-18-8-14(22(27,28)29)5-4-13(18)11-34(12-19(35)23(30,31)32)15-2-1-3-16(9-15)36-17-6-7-33-20(10-17)37-21(25)26/h1-10,19,21,35H,11-12H2. The van der Waals surface area contributed by atoms with E-state index in [1.54, 1.807) is 0 Å². The Morgan fingerprint density at radius 2 is 1.62 bits per heavy atom. The minimum Gasteiger partial charge on any atom is -0.457 e. The van der Waals surface area contributed by atoms with Crippen LogP contribution in [0.2, 0.25) is 0 Å². The van der Waals surface area contributed by atoms with Crippen LogP contribution in [0.1, 0.15) is 11.1 Å². The molecule has 1 unspecified atom stereocenters. The largest absolute Gasteiger partial charge is 0.457 e. The van der Waals surface area contributed by atoms with Crippen LogP contribution in [0, 0.1) is 5.82 Å². The van der Waals surface area contributed by atoms with Gasteiger partial charge >= 0.3 is 19.0 Å². The number of aliphatic hydroxyl groups is 1. The minimum atomic E-state index is -5.04. The molecule has 37 heavy (non-hydrogen) atoms. The Hall–Kier alpha value is -3.68. The molecule has 1 heterocycles. The van der Waals surface area contributed by atoms with E-state index in [0.29, 0.717) is 6.07 Å². The molecule has 0 saturated heterocycles. The second-order valence-electron chi connectivity index (χ2n) is 7.55. The van der Waals surface area contributed by atoms with Gasteiger partial charge in [-0.3, -0.25) is 0 Å². The third-order valence-electron chi connectivity index (χ3n) is 4.85. The first-order valence-electron chi connectivity index (χ1n) is 10.3. The molecule has 200 valence electrons. The predicted molar refractivity (Wildman–Crippen MR) is 112 cm³/mol. The zero-order valence-electron chi connectivity index (χ0n) is 18.4. The van der Waals surface area contributed by atoms with Gasteiger partial charge in [-0.05, 0) is 30.3 Å². The van der Waals surface area contributed by atoms with Crippen LogP contribution in [-0.4, -0.2) is 35.5 Å². The van der Waals surface area contributed by atoms with Gasteiger partial charge in [0.05, 0.1) is 12.1 Å². The summed E-state index contributed by atoms with van der Waals surface area (Å²) in [7, 11) is 0. The lowest BCUT2D eigenvalue weighted by Crippen LogP contribution is -2.41. The first-order chi connectivity index (χ1) is 17.2. The van der Waals surface area contributed by atoms with Crippen LogP contribution < -0.4 is 14.4 Å². The van der Waals surface area contributed by atoms with Crippen molar-refractivity contribution in [3.05, 3.63) is 77.7 Å². The number of hydrogen-bond acceptors (Lipinski definition) is 5. The van der Waals surface area contributed by atoms with Crippen LogP contribution in [0.5, 0.6) is 17.4 Å². The third kappa shape index (κ3) is 7.90. The lowest BCUT2D eigenvalue weighted by atomic mass is 10.1. The van der Waals surface area contributed by atoms with E-state index in [-0.39, 0.29) is 28.8 Å². The summed E-state index contributed by atoms with van der Waals surface area (Å²) in [5.74, 6) is -1.78. The summed E-state index contributed by atoms with van der Waals surface area (Å²) in [5, 5.41) is 9.60. The first-order valence-corrected chi connectivity index (χ1v) is 10.3. The number of benzene rings is 2. The Bertz CT molecular complexity index is 1200. The molecule has 0 bridgehead atoms. The van der Waals surface area contributed by atoms with E-state index in [0.717, 1.165) is 23.2 Å². The van der Waals surface area contributed by atoms with Gasteiger partial charge in [-0.25, -0.2) is 9.37 Å². The summed E-state index contributed by atoms with van der Waals surface area (Å²) in [6.07, 6.45) is -11.6. The highest BCUT2D eigenvalue weighted by Gasteiger charge is 2.39. The molecule has 14 heteroatoms. The fraction of sp³-hybridized carbons (Fsp3) is 0.261. The van der Waals surface area contributed by atoms with Gasteiger partial charge in [0.2, 0.25) is 5.88 Å². The number of aromatic nitrogens is 1. The van der Waals surface area contributed by atoms with Crippen molar-refractivity contribution in [2.45, 2.75) is 31.6 Å². The van der Waals surface area contributed by atoms with Crippen molar-refractivity contribution in [3.8, 4) is 17.4 Å². The van der Waals surface area contributed by atoms with Crippen LogP contribution in [0.25, 0.3) is 0 Å². The van der Waals surface area contributed by atoms with Crippen molar-refractivity contribution >= 4 is 5.69 Å². The molecule has 0 amide bonds. The fourth-order valence-electron chi connectivity index (χ4n) is 3.12. The van der Waals surface area contributed by atoms with Crippen molar-refractivity contribution in [3.63, 3.8) is 0 Å². The molecule has 1 aromatic heterocycles. The third-order valence-corrected chi connectivity index (χ3v) is 4.85. The molecule has 0 aliphatic rings. The fourth-order valence-corrected chi connectivity index (χ4v) is 3.12. The highest BCUT2D eigenvalue weighted by Crippen LogP contribution is 2.33. The van der Waals surface area contributed by atoms with Gasteiger partial charge in [0.25, 0.3) is 0 Å². The summed E-state index contributed by atoms with van der Waals surface area (Å²) in [6, 6.07) is 9.12. The van der Waals surface area contributed by atoms with Crippen LogP contribution in [0.4, 0.5) is 45.2 Å². The summed E-state index contributed by atoms with van der Waals surface area (Å²) < 4.78 is 127. The molecular formula is C23H17F9N2O3. The first kappa shape index (κ1) is 27.9. The Morgan fingerprint density at radius 3 is 2.24 bits per heavy atom. The van der Waals surface area contributed by atoms with Crippen LogP contribution in [0.15, 0.2) is 60.8 Å². The molecular weight excluding hydrogens is 523 g/mol. The van der Waals surface area contributed by atoms with E-state index in [9.17, 15) is 44.6 Å². The van der Waals surface area contributed by atoms with E-state index in [4.69, 9.17) is 4.74 Å². The maximum atomic E-state index is 14.4. The summed E-state index contributed by atoms with van der Waals surface area (Å²) in [6.45, 7) is -4.87. The second-order valence-corrected chi connectivity index (χ2v) is 7.55. The number of halogens is 9. The molecule has 2 aromatic carbocycles. The van der Waals surface area contributed by atoms with Crippen molar-refractivity contribution < 1.29 is 54.1 Å². The average molecular weight is 540 g/mol. The summed E-state index contributed by atoms with van der Waals surface area (Å²) >= 11 is 0. The van der Waals surface area contributed by atoms with Crippen LogP contribution in [0.3, 0.4) is 0 Å². The number of pyridine rings is 1. The van der Waals surface area contributed by atoms with E-state index >= 15 is 0 Å². The van der Waals surface area contributed by atoms with Gasteiger partial charge in [0.1, 0.15) is 17.3 Å². The highest BCUT2D eigenvalue weighted by atomic mass is 19.4.